The number of nitriles is 1. The Morgan fingerprint density at radius 2 is 2.00 bits per heavy atom. The van der Waals surface area contributed by atoms with Crippen LogP contribution < -0.4 is 5.73 Å². The second-order valence-electron chi connectivity index (χ2n) is 5.13. The molecule has 25 heavy (non-hydrogen) atoms. The van der Waals surface area contributed by atoms with Crippen molar-refractivity contribution in [3.63, 3.8) is 0 Å². The Balaban J connectivity index is 1.91. The van der Waals surface area contributed by atoms with E-state index >= 15 is 0 Å². The third-order valence-corrected chi connectivity index (χ3v) is 3.53. The minimum atomic E-state index is -0.715. The summed E-state index contributed by atoms with van der Waals surface area (Å²) in [6.07, 6.45) is 2.74. The van der Waals surface area contributed by atoms with Gasteiger partial charge in [-0.05, 0) is 19.1 Å². The number of rotatable bonds is 4. The second kappa shape index (κ2) is 6.80. The quantitative estimate of drug-likeness (QED) is 0.722. The molecule has 0 fully saturated rings. The number of carbonyl (C=O) groups is 1. The number of nitrogens with zero attached hydrogens (tertiary/aromatic N) is 5. The summed E-state index contributed by atoms with van der Waals surface area (Å²) in [6, 6.07) is 11.4. The zero-order valence-electron chi connectivity index (χ0n) is 13.4. The molecule has 0 bridgehead atoms. The van der Waals surface area contributed by atoms with Crippen LogP contribution in [-0.2, 0) is 11.3 Å². The van der Waals surface area contributed by atoms with Crippen LogP contribution in [0.1, 0.15) is 27.4 Å². The molecule has 8 heteroatoms. The fraction of sp³-hybridized carbons (Fsp3) is 0.118. The first-order valence-electron chi connectivity index (χ1n) is 7.39. The van der Waals surface area contributed by atoms with Gasteiger partial charge in [0, 0.05) is 12.4 Å². The lowest BCUT2D eigenvalue weighted by atomic mass is 10.2. The lowest BCUT2D eigenvalue weighted by Crippen LogP contribution is -2.13. The Kier molecular flexibility index (Phi) is 4.39. The fourth-order valence-corrected chi connectivity index (χ4v) is 2.34. The molecule has 0 amide bonds. The molecule has 0 aliphatic carbocycles. The third kappa shape index (κ3) is 3.16. The minimum Gasteiger partial charge on any atom is -0.454 e. The zero-order chi connectivity index (χ0) is 17.8. The highest BCUT2D eigenvalue weighted by Gasteiger charge is 2.20. The van der Waals surface area contributed by atoms with Gasteiger partial charge >= 0.3 is 5.97 Å². The van der Waals surface area contributed by atoms with E-state index < -0.39 is 5.97 Å². The average molecular weight is 334 g/mol. The van der Waals surface area contributed by atoms with Crippen molar-refractivity contribution in [3.8, 4) is 11.8 Å². The molecule has 0 unspecified atom stereocenters. The number of para-hydroxylation sites is 1. The maximum atomic E-state index is 12.2. The SMILES string of the molecule is Cc1nn(-c2ccccc2)c(COC(=O)c2nccnc2N)c1C#N. The van der Waals surface area contributed by atoms with Gasteiger partial charge in [0.2, 0.25) is 0 Å². The van der Waals surface area contributed by atoms with Crippen LogP contribution in [0.4, 0.5) is 5.82 Å². The van der Waals surface area contributed by atoms with Gasteiger partial charge in [-0.3, -0.25) is 0 Å². The molecule has 3 rings (SSSR count). The fourth-order valence-electron chi connectivity index (χ4n) is 2.34. The molecule has 0 radical (unpaired) electrons. The normalized spacial score (nSPS) is 10.2. The highest BCUT2D eigenvalue weighted by atomic mass is 16.5. The van der Waals surface area contributed by atoms with Crippen LogP contribution in [0, 0.1) is 18.3 Å². The first kappa shape index (κ1) is 16.1. The summed E-state index contributed by atoms with van der Waals surface area (Å²) in [5.74, 6) is -0.728. The largest absolute Gasteiger partial charge is 0.454 e. The molecule has 0 saturated heterocycles. The molecule has 1 aromatic carbocycles. The summed E-state index contributed by atoms with van der Waals surface area (Å²) in [4.78, 5) is 19.8. The Morgan fingerprint density at radius 1 is 1.28 bits per heavy atom. The number of nitrogen functional groups attached to an aromatic ring is 1. The van der Waals surface area contributed by atoms with Crippen LogP contribution >= 0.6 is 0 Å². The summed E-state index contributed by atoms with van der Waals surface area (Å²) >= 11 is 0. The summed E-state index contributed by atoms with van der Waals surface area (Å²) in [5.41, 5.74) is 7.71. The van der Waals surface area contributed by atoms with Crippen LogP contribution in [0.2, 0.25) is 0 Å². The number of ether oxygens (including phenoxy) is 1. The lowest BCUT2D eigenvalue weighted by Gasteiger charge is -2.09. The predicted octanol–water partition coefficient (Wildman–Crippen LogP) is 1.78. The smallest absolute Gasteiger partial charge is 0.361 e. The third-order valence-electron chi connectivity index (χ3n) is 3.53. The average Bonchev–Trinajstić information content (AvgIpc) is 2.96. The van der Waals surface area contributed by atoms with E-state index in [0.717, 1.165) is 5.69 Å². The molecular weight excluding hydrogens is 320 g/mol. The molecule has 2 aromatic heterocycles. The standard InChI is InChI=1S/C17H14N6O2/c1-11-13(9-18)14(23(22-11)12-5-3-2-4-6-12)10-25-17(24)15-16(19)21-8-7-20-15/h2-8H,10H2,1H3,(H2,19,21). The number of hydrogen-bond acceptors (Lipinski definition) is 7. The van der Waals surface area contributed by atoms with Crippen molar-refractivity contribution in [2.24, 2.45) is 0 Å². The number of esters is 1. The molecule has 0 aliphatic heterocycles. The van der Waals surface area contributed by atoms with E-state index in [0.29, 0.717) is 17.0 Å². The Labute approximate surface area is 143 Å². The van der Waals surface area contributed by atoms with Crippen LogP contribution in [-0.4, -0.2) is 25.7 Å². The van der Waals surface area contributed by atoms with Crippen molar-refractivity contribution >= 4 is 11.8 Å². The van der Waals surface area contributed by atoms with Gasteiger partial charge in [0.15, 0.2) is 11.5 Å². The van der Waals surface area contributed by atoms with Gasteiger partial charge in [-0.1, -0.05) is 18.2 Å². The molecule has 2 heterocycles. The van der Waals surface area contributed by atoms with Crippen LogP contribution in [0.5, 0.6) is 0 Å². The maximum Gasteiger partial charge on any atom is 0.361 e. The number of nitrogens with two attached hydrogens (primary N) is 1. The summed E-state index contributed by atoms with van der Waals surface area (Å²) in [6.45, 7) is 1.58. The van der Waals surface area contributed by atoms with Crippen molar-refractivity contribution in [3.05, 3.63) is 65.4 Å². The molecular formula is C17H14N6O2. The van der Waals surface area contributed by atoms with E-state index in [1.807, 2.05) is 30.3 Å². The van der Waals surface area contributed by atoms with Crippen LogP contribution in [0.15, 0.2) is 42.7 Å². The van der Waals surface area contributed by atoms with E-state index in [1.54, 1.807) is 11.6 Å². The number of carbonyl (C=O) groups excluding carboxylic acids is 1. The number of aromatic nitrogens is 4. The van der Waals surface area contributed by atoms with Crippen LogP contribution in [0.3, 0.4) is 0 Å². The molecule has 0 spiro atoms. The first-order valence-corrected chi connectivity index (χ1v) is 7.39. The highest BCUT2D eigenvalue weighted by Crippen LogP contribution is 2.19. The number of hydrogen-bond donors (Lipinski definition) is 1. The van der Waals surface area contributed by atoms with Gasteiger partial charge in [0.05, 0.1) is 17.1 Å². The molecule has 3 aromatic rings. The van der Waals surface area contributed by atoms with Gasteiger partial charge in [-0.25, -0.2) is 19.4 Å². The number of aryl methyl sites for hydroxylation is 1. The monoisotopic (exact) mass is 334 g/mol. The van der Waals surface area contributed by atoms with Crippen molar-refractivity contribution in [1.82, 2.24) is 19.7 Å². The topological polar surface area (TPSA) is 120 Å². The Hall–Kier alpha value is -3.73. The van der Waals surface area contributed by atoms with Gasteiger partial charge in [-0.2, -0.15) is 10.4 Å². The van der Waals surface area contributed by atoms with Crippen LogP contribution in [0.25, 0.3) is 5.69 Å². The van der Waals surface area contributed by atoms with Gasteiger partial charge in [0.1, 0.15) is 18.2 Å². The van der Waals surface area contributed by atoms with E-state index in [9.17, 15) is 10.1 Å². The number of benzene rings is 1. The summed E-state index contributed by atoms with van der Waals surface area (Å²) in [7, 11) is 0. The highest BCUT2D eigenvalue weighted by molar-refractivity contribution is 5.91. The van der Waals surface area contributed by atoms with Gasteiger partial charge < -0.3 is 10.5 Å². The van der Waals surface area contributed by atoms with Gasteiger partial charge in [-0.15, -0.1) is 0 Å². The van der Waals surface area contributed by atoms with Crippen molar-refractivity contribution < 1.29 is 9.53 Å². The summed E-state index contributed by atoms with van der Waals surface area (Å²) in [5, 5.41) is 13.8. The van der Waals surface area contributed by atoms with Crippen molar-refractivity contribution in [2.45, 2.75) is 13.5 Å². The molecule has 0 saturated carbocycles. The summed E-state index contributed by atoms with van der Waals surface area (Å²) < 4.78 is 6.86. The molecule has 2 N–H and O–H groups in total. The second-order valence-corrected chi connectivity index (χ2v) is 5.13. The zero-order valence-corrected chi connectivity index (χ0v) is 13.4. The van der Waals surface area contributed by atoms with Gasteiger partial charge in [0.25, 0.3) is 0 Å². The first-order chi connectivity index (χ1) is 12.1. The predicted molar refractivity (Wildman–Crippen MR) is 88.6 cm³/mol. The maximum absolute atomic E-state index is 12.2. The Morgan fingerprint density at radius 3 is 2.68 bits per heavy atom. The Bertz CT molecular complexity index is 959. The van der Waals surface area contributed by atoms with E-state index in [2.05, 4.69) is 21.1 Å². The van der Waals surface area contributed by atoms with Crippen molar-refractivity contribution in [2.75, 3.05) is 5.73 Å². The van der Waals surface area contributed by atoms with E-state index in [1.165, 1.54) is 12.4 Å². The minimum absolute atomic E-state index is 0.0132. The molecule has 8 nitrogen and oxygen atoms in total. The molecule has 0 atom stereocenters. The lowest BCUT2D eigenvalue weighted by molar-refractivity contribution is 0.0458. The van der Waals surface area contributed by atoms with Crippen molar-refractivity contribution in [1.29, 1.82) is 5.26 Å². The number of anilines is 1. The molecule has 0 aliphatic rings. The van der Waals surface area contributed by atoms with E-state index in [-0.39, 0.29) is 18.1 Å². The van der Waals surface area contributed by atoms with E-state index in [4.69, 9.17) is 10.5 Å². The molecule has 124 valence electrons.